The Kier molecular flexibility index (Phi) is 6.06. The molecule has 44 heavy (non-hydrogen) atoms. The van der Waals surface area contributed by atoms with E-state index in [1.165, 1.54) is 0 Å². The minimum atomic E-state index is 0.561. The van der Waals surface area contributed by atoms with Gasteiger partial charge in [0.05, 0.1) is 56.5 Å². The van der Waals surface area contributed by atoms with Crippen LogP contribution in [0.15, 0.2) is 134 Å². The summed E-state index contributed by atoms with van der Waals surface area (Å²) in [5.41, 5.74) is 10.5. The van der Waals surface area contributed by atoms with Crippen LogP contribution in [-0.4, -0.2) is 24.9 Å². The highest BCUT2D eigenvalue weighted by molar-refractivity contribution is 5.98. The maximum Gasteiger partial charge on any atom is 0.0991 e. The van der Waals surface area contributed by atoms with E-state index < -0.39 is 0 Å². The van der Waals surface area contributed by atoms with Crippen molar-refractivity contribution in [3.05, 3.63) is 139 Å². The SMILES string of the molecule is N#Cc1cccc(-c2nc3ccccc3nc2-c2cc(-c3cccc4ncccc34)nc(-c3cccc4ncccc34)c2)c1. The largest absolute Gasteiger partial charge is 0.256 e. The lowest BCUT2D eigenvalue weighted by Gasteiger charge is -2.15. The van der Waals surface area contributed by atoms with Crippen LogP contribution in [0.3, 0.4) is 0 Å². The molecule has 0 spiro atoms. The van der Waals surface area contributed by atoms with E-state index in [2.05, 4.69) is 52.4 Å². The average Bonchev–Trinajstić information content (AvgIpc) is 3.10. The van der Waals surface area contributed by atoms with Crippen LogP contribution in [0.4, 0.5) is 0 Å². The maximum absolute atomic E-state index is 9.66. The summed E-state index contributed by atoms with van der Waals surface area (Å²) in [6, 6.07) is 42.0. The third kappa shape index (κ3) is 4.41. The number of fused-ring (bicyclic) bond motifs is 3. The summed E-state index contributed by atoms with van der Waals surface area (Å²) >= 11 is 0. The fourth-order valence-electron chi connectivity index (χ4n) is 5.74. The molecule has 4 aromatic heterocycles. The number of benzene rings is 4. The first-order valence-electron chi connectivity index (χ1n) is 14.2. The first-order valence-corrected chi connectivity index (χ1v) is 14.2. The van der Waals surface area contributed by atoms with E-state index in [1.807, 2.05) is 78.9 Å². The number of rotatable bonds is 4. The zero-order chi connectivity index (χ0) is 29.5. The molecule has 204 valence electrons. The highest BCUT2D eigenvalue weighted by Gasteiger charge is 2.18. The second-order valence-corrected chi connectivity index (χ2v) is 10.5. The zero-order valence-electron chi connectivity index (χ0n) is 23.4. The molecule has 0 saturated heterocycles. The van der Waals surface area contributed by atoms with Crippen LogP contribution in [-0.2, 0) is 0 Å². The summed E-state index contributed by atoms with van der Waals surface area (Å²) in [5.74, 6) is 0. The molecule has 0 fully saturated rings. The van der Waals surface area contributed by atoms with Gasteiger partial charge in [-0.05, 0) is 60.7 Å². The van der Waals surface area contributed by atoms with Gasteiger partial charge in [-0.3, -0.25) is 9.97 Å². The van der Waals surface area contributed by atoms with Crippen molar-refractivity contribution in [2.45, 2.75) is 0 Å². The van der Waals surface area contributed by atoms with Gasteiger partial charge in [-0.15, -0.1) is 0 Å². The van der Waals surface area contributed by atoms with Crippen LogP contribution in [0.2, 0.25) is 0 Å². The molecule has 0 saturated carbocycles. The molecule has 0 atom stereocenters. The van der Waals surface area contributed by atoms with Crippen LogP contribution < -0.4 is 0 Å². The molecule has 0 aliphatic carbocycles. The number of nitriles is 1. The Morgan fingerprint density at radius 2 is 1.00 bits per heavy atom. The average molecular weight is 563 g/mol. The lowest BCUT2D eigenvalue weighted by molar-refractivity contribution is 1.27. The van der Waals surface area contributed by atoms with Crippen molar-refractivity contribution in [1.29, 1.82) is 5.26 Å². The monoisotopic (exact) mass is 562 g/mol. The van der Waals surface area contributed by atoms with Gasteiger partial charge in [0.1, 0.15) is 0 Å². The maximum atomic E-state index is 9.66. The number of nitrogens with zero attached hydrogens (tertiary/aromatic N) is 6. The van der Waals surface area contributed by atoms with Crippen molar-refractivity contribution in [3.63, 3.8) is 0 Å². The summed E-state index contributed by atoms with van der Waals surface area (Å²) in [5, 5.41) is 11.7. The van der Waals surface area contributed by atoms with Crippen LogP contribution in [0.25, 0.3) is 77.9 Å². The molecule has 4 aromatic carbocycles. The lowest BCUT2D eigenvalue weighted by Crippen LogP contribution is -1.98. The highest BCUT2D eigenvalue weighted by Crippen LogP contribution is 2.38. The summed E-state index contributed by atoms with van der Waals surface area (Å²) in [7, 11) is 0. The van der Waals surface area contributed by atoms with Crippen LogP contribution in [0, 0.1) is 11.3 Å². The van der Waals surface area contributed by atoms with Crippen molar-refractivity contribution in [2.24, 2.45) is 0 Å². The molecule has 6 nitrogen and oxygen atoms in total. The first-order chi connectivity index (χ1) is 21.7. The second-order valence-electron chi connectivity index (χ2n) is 10.5. The minimum absolute atomic E-state index is 0.561. The Morgan fingerprint density at radius 3 is 1.59 bits per heavy atom. The molecular weight excluding hydrogens is 540 g/mol. The molecule has 0 amide bonds. The molecule has 6 heteroatoms. The predicted octanol–water partition coefficient (Wildman–Crippen LogP) is 8.66. The fourth-order valence-corrected chi connectivity index (χ4v) is 5.74. The van der Waals surface area contributed by atoms with E-state index in [0.717, 1.165) is 66.5 Å². The van der Waals surface area contributed by atoms with Gasteiger partial charge in [-0.2, -0.15) is 5.26 Å². The molecule has 0 N–H and O–H groups in total. The molecule has 0 radical (unpaired) electrons. The lowest BCUT2D eigenvalue weighted by atomic mass is 9.96. The number of hydrogen-bond donors (Lipinski definition) is 0. The van der Waals surface area contributed by atoms with Crippen LogP contribution in [0.1, 0.15) is 5.56 Å². The molecular formula is C38H22N6. The topological polar surface area (TPSA) is 88.2 Å². The van der Waals surface area contributed by atoms with E-state index in [1.54, 1.807) is 18.5 Å². The summed E-state index contributed by atoms with van der Waals surface area (Å²) < 4.78 is 0. The van der Waals surface area contributed by atoms with Crippen molar-refractivity contribution < 1.29 is 0 Å². The Hall–Kier alpha value is -6.32. The Morgan fingerprint density at radius 1 is 0.455 bits per heavy atom. The number of hydrogen-bond acceptors (Lipinski definition) is 6. The van der Waals surface area contributed by atoms with Crippen molar-refractivity contribution >= 4 is 32.8 Å². The van der Waals surface area contributed by atoms with Crippen molar-refractivity contribution in [2.75, 3.05) is 0 Å². The number of aromatic nitrogens is 5. The standard InChI is InChI=1S/C38H22N6/c39-23-24-8-3-9-25(20-24)37-38(44-34-15-2-1-14-33(34)43-37)26-21-35(29-10-4-16-31-27(29)12-6-18-40-31)42-36(22-26)30-11-5-17-32-28(30)13-7-19-41-32/h1-22H. The van der Waals surface area contributed by atoms with Gasteiger partial charge >= 0.3 is 0 Å². The van der Waals surface area contributed by atoms with E-state index in [-0.39, 0.29) is 0 Å². The van der Waals surface area contributed by atoms with E-state index >= 15 is 0 Å². The normalized spacial score (nSPS) is 11.2. The van der Waals surface area contributed by atoms with Gasteiger partial charge in [0.2, 0.25) is 0 Å². The van der Waals surface area contributed by atoms with Gasteiger partial charge < -0.3 is 0 Å². The molecule has 8 aromatic rings. The molecule has 8 rings (SSSR count). The first kappa shape index (κ1) is 25.4. The van der Waals surface area contributed by atoms with Crippen molar-refractivity contribution in [1.82, 2.24) is 24.9 Å². The molecule has 4 heterocycles. The van der Waals surface area contributed by atoms with Crippen LogP contribution >= 0.6 is 0 Å². The van der Waals surface area contributed by atoms with Crippen molar-refractivity contribution in [3.8, 4) is 51.1 Å². The van der Waals surface area contributed by atoms with Crippen LogP contribution in [0.5, 0.6) is 0 Å². The van der Waals surface area contributed by atoms with E-state index in [9.17, 15) is 5.26 Å². The molecule has 0 aliphatic heterocycles. The van der Waals surface area contributed by atoms with Gasteiger partial charge in [-0.1, -0.05) is 60.7 Å². The van der Waals surface area contributed by atoms with Gasteiger partial charge in [-0.25, -0.2) is 15.0 Å². The second kappa shape index (κ2) is 10.5. The summed E-state index contributed by atoms with van der Waals surface area (Å²) in [6.45, 7) is 0. The Balaban J connectivity index is 1.46. The Bertz CT molecular complexity index is 2320. The molecule has 0 aliphatic rings. The van der Waals surface area contributed by atoms with Gasteiger partial charge in [0.25, 0.3) is 0 Å². The number of pyridine rings is 3. The molecule has 0 unspecified atom stereocenters. The fraction of sp³-hybridized carbons (Fsp3) is 0. The smallest absolute Gasteiger partial charge is 0.0991 e. The Labute approximate surface area is 253 Å². The third-order valence-corrected chi connectivity index (χ3v) is 7.78. The third-order valence-electron chi connectivity index (χ3n) is 7.78. The quantitative estimate of drug-likeness (QED) is 0.213. The summed E-state index contributed by atoms with van der Waals surface area (Å²) in [4.78, 5) is 24.7. The molecule has 0 bridgehead atoms. The van der Waals surface area contributed by atoms with E-state index in [4.69, 9.17) is 15.0 Å². The number of para-hydroxylation sites is 2. The zero-order valence-corrected chi connectivity index (χ0v) is 23.4. The van der Waals surface area contributed by atoms with Gasteiger partial charge in [0.15, 0.2) is 0 Å². The predicted molar refractivity (Wildman–Crippen MR) is 174 cm³/mol. The summed E-state index contributed by atoms with van der Waals surface area (Å²) in [6.07, 6.45) is 3.60. The minimum Gasteiger partial charge on any atom is -0.256 e. The van der Waals surface area contributed by atoms with E-state index in [0.29, 0.717) is 17.0 Å². The van der Waals surface area contributed by atoms with Gasteiger partial charge in [0, 0.05) is 45.4 Å². The highest BCUT2D eigenvalue weighted by atomic mass is 14.8.